The molecular weight excluding hydrogens is 312 g/mol. The lowest BCUT2D eigenvalue weighted by Gasteiger charge is -2.26. The molecule has 0 radical (unpaired) electrons. The molecule has 4 heteroatoms. The minimum atomic E-state index is 0.0353. The predicted molar refractivity (Wildman–Crippen MR) is 98.6 cm³/mol. The number of nitrogens with one attached hydrogen (secondary N) is 1. The first-order valence-corrected chi connectivity index (χ1v) is 9.99. The zero-order valence-corrected chi connectivity index (χ0v) is 15.1. The molecule has 2 saturated heterocycles. The lowest BCUT2D eigenvalue weighted by Crippen LogP contribution is -2.36. The van der Waals surface area contributed by atoms with Crippen LogP contribution in [0.5, 0.6) is 0 Å². The molecule has 0 unspecified atom stereocenters. The number of amides is 1. The highest BCUT2D eigenvalue weighted by molar-refractivity contribution is 5.94. The number of piperidine rings is 1. The summed E-state index contributed by atoms with van der Waals surface area (Å²) in [5.74, 6) is 0.0353. The molecule has 1 atom stereocenters. The first-order chi connectivity index (χ1) is 12.2. The van der Waals surface area contributed by atoms with Crippen LogP contribution in [0.2, 0.25) is 0 Å². The van der Waals surface area contributed by atoms with Gasteiger partial charge in [-0.25, -0.2) is 0 Å². The van der Waals surface area contributed by atoms with Gasteiger partial charge in [0.1, 0.15) is 0 Å². The molecular formula is C21H30N2O2. The minimum Gasteiger partial charge on any atom is -0.373 e. The Morgan fingerprint density at radius 2 is 1.80 bits per heavy atom. The number of nitrogens with zero attached hydrogens (tertiary/aromatic N) is 1. The van der Waals surface area contributed by atoms with Gasteiger partial charge in [0.15, 0.2) is 0 Å². The molecule has 3 aliphatic rings. The Bertz CT molecular complexity index is 586. The van der Waals surface area contributed by atoms with Crippen molar-refractivity contribution in [1.29, 1.82) is 0 Å². The van der Waals surface area contributed by atoms with E-state index >= 15 is 0 Å². The van der Waals surface area contributed by atoms with Crippen LogP contribution in [0.1, 0.15) is 67.3 Å². The van der Waals surface area contributed by atoms with Crippen molar-refractivity contribution in [3.63, 3.8) is 0 Å². The fourth-order valence-corrected chi connectivity index (χ4v) is 4.71. The second kappa shape index (κ2) is 7.46. The van der Waals surface area contributed by atoms with Gasteiger partial charge in [-0.2, -0.15) is 0 Å². The molecule has 4 nitrogen and oxygen atoms in total. The molecule has 4 rings (SSSR count). The SMILES string of the molecule is O=C(N[C@H]1COC2(CCCC2)C1)c1ccc(CN2CCCCC2)cc1. The number of carbonyl (C=O) groups excluding carboxylic acids is 1. The summed E-state index contributed by atoms with van der Waals surface area (Å²) in [7, 11) is 0. The fourth-order valence-electron chi connectivity index (χ4n) is 4.71. The van der Waals surface area contributed by atoms with Crippen molar-refractivity contribution in [3.05, 3.63) is 35.4 Å². The number of hydrogen-bond donors (Lipinski definition) is 1. The first kappa shape index (κ1) is 17.0. The molecule has 1 spiro atoms. The maximum Gasteiger partial charge on any atom is 0.251 e. The zero-order chi connectivity index (χ0) is 17.1. The second-order valence-electron chi connectivity index (χ2n) is 8.11. The van der Waals surface area contributed by atoms with Crippen molar-refractivity contribution in [2.75, 3.05) is 19.7 Å². The van der Waals surface area contributed by atoms with E-state index in [1.54, 1.807) is 0 Å². The highest BCUT2D eigenvalue weighted by Gasteiger charge is 2.42. The summed E-state index contributed by atoms with van der Waals surface area (Å²) in [6.07, 6.45) is 9.80. The maximum absolute atomic E-state index is 12.5. The van der Waals surface area contributed by atoms with Gasteiger partial charge < -0.3 is 10.1 Å². The monoisotopic (exact) mass is 342 g/mol. The first-order valence-electron chi connectivity index (χ1n) is 9.99. The van der Waals surface area contributed by atoms with E-state index in [0.717, 1.165) is 31.4 Å². The average Bonchev–Trinajstić information content (AvgIpc) is 3.26. The molecule has 1 aliphatic carbocycles. The van der Waals surface area contributed by atoms with Crippen molar-refractivity contribution in [1.82, 2.24) is 10.2 Å². The largest absolute Gasteiger partial charge is 0.373 e. The van der Waals surface area contributed by atoms with E-state index in [2.05, 4.69) is 22.3 Å². The lowest BCUT2D eigenvalue weighted by atomic mass is 9.96. The van der Waals surface area contributed by atoms with Crippen molar-refractivity contribution in [3.8, 4) is 0 Å². The third-order valence-electron chi connectivity index (χ3n) is 6.13. The summed E-state index contributed by atoms with van der Waals surface area (Å²) >= 11 is 0. The van der Waals surface area contributed by atoms with E-state index < -0.39 is 0 Å². The third-order valence-corrected chi connectivity index (χ3v) is 6.13. The Balaban J connectivity index is 1.30. The molecule has 1 amide bonds. The topological polar surface area (TPSA) is 41.6 Å². The van der Waals surface area contributed by atoms with Crippen molar-refractivity contribution >= 4 is 5.91 Å². The average molecular weight is 342 g/mol. The Morgan fingerprint density at radius 1 is 1.08 bits per heavy atom. The Labute approximate surface area is 150 Å². The van der Waals surface area contributed by atoms with Crippen LogP contribution >= 0.6 is 0 Å². The van der Waals surface area contributed by atoms with Crippen LogP contribution in [-0.4, -0.2) is 42.1 Å². The van der Waals surface area contributed by atoms with Crippen molar-refractivity contribution in [2.45, 2.75) is 69.6 Å². The number of hydrogen-bond acceptors (Lipinski definition) is 3. The highest BCUT2D eigenvalue weighted by atomic mass is 16.5. The van der Waals surface area contributed by atoms with E-state index in [4.69, 9.17) is 4.74 Å². The van der Waals surface area contributed by atoms with Gasteiger partial charge in [0.05, 0.1) is 18.2 Å². The smallest absolute Gasteiger partial charge is 0.251 e. The van der Waals surface area contributed by atoms with Crippen LogP contribution in [0.25, 0.3) is 0 Å². The van der Waals surface area contributed by atoms with E-state index in [1.807, 2.05) is 12.1 Å². The molecule has 0 bridgehead atoms. The minimum absolute atomic E-state index is 0.0353. The Kier molecular flexibility index (Phi) is 5.09. The van der Waals surface area contributed by atoms with Crippen LogP contribution in [0, 0.1) is 0 Å². The van der Waals surface area contributed by atoms with Gasteiger partial charge in [-0.3, -0.25) is 9.69 Å². The van der Waals surface area contributed by atoms with Gasteiger partial charge in [0.25, 0.3) is 5.91 Å². The number of carbonyl (C=O) groups is 1. The van der Waals surface area contributed by atoms with Crippen LogP contribution in [0.3, 0.4) is 0 Å². The van der Waals surface area contributed by atoms with E-state index in [1.165, 1.54) is 50.8 Å². The lowest BCUT2D eigenvalue weighted by molar-refractivity contribution is 0.00988. The van der Waals surface area contributed by atoms with Crippen LogP contribution in [-0.2, 0) is 11.3 Å². The third kappa shape index (κ3) is 4.06. The highest BCUT2D eigenvalue weighted by Crippen LogP contribution is 2.40. The molecule has 2 heterocycles. The Hall–Kier alpha value is -1.39. The van der Waals surface area contributed by atoms with Gasteiger partial charge in [-0.05, 0) is 62.9 Å². The molecule has 1 aromatic rings. The van der Waals surface area contributed by atoms with Crippen molar-refractivity contribution < 1.29 is 9.53 Å². The summed E-state index contributed by atoms with van der Waals surface area (Å²) in [6.45, 7) is 4.07. The summed E-state index contributed by atoms with van der Waals surface area (Å²) in [5, 5.41) is 3.17. The number of rotatable bonds is 4. The maximum atomic E-state index is 12.5. The molecule has 2 aliphatic heterocycles. The van der Waals surface area contributed by atoms with Gasteiger partial charge in [0.2, 0.25) is 0 Å². The van der Waals surface area contributed by atoms with Crippen molar-refractivity contribution in [2.24, 2.45) is 0 Å². The van der Waals surface area contributed by atoms with Gasteiger partial charge in [-0.15, -0.1) is 0 Å². The Morgan fingerprint density at radius 3 is 2.52 bits per heavy atom. The second-order valence-corrected chi connectivity index (χ2v) is 8.11. The van der Waals surface area contributed by atoms with Gasteiger partial charge in [-0.1, -0.05) is 31.4 Å². The summed E-state index contributed by atoms with van der Waals surface area (Å²) in [4.78, 5) is 15.0. The molecule has 136 valence electrons. The molecule has 1 aromatic carbocycles. The summed E-state index contributed by atoms with van der Waals surface area (Å²) < 4.78 is 6.03. The summed E-state index contributed by atoms with van der Waals surface area (Å²) in [5.41, 5.74) is 2.12. The molecule has 1 N–H and O–H groups in total. The van der Waals surface area contributed by atoms with Crippen LogP contribution in [0.15, 0.2) is 24.3 Å². The van der Waals surface area contributed by atoms with Gasteiger partial charge >= 0.3 is 0 Å². The number of benzene rings is 1. The van der Waals surface area contributed by atoms with Crippen LogP contribution in [0.4, 0.5) is 0 Å². The fraction of sp³-hybridized carbons (Fsp3) is 0.667. The van der Waals surface area contributed by atoms with E-state index in [0.29, 0.717) is 6.61 Å². The quantitative estimate of drug-likeness (QED) is 0.910. The molecule has 3 fully saturated rings. The molecule has 0 aromatic heterocycles. The van der Waals surface area contributed by atoms with E-state index in [9.17, 15) is 4.79 Å². The standard InChI is InChI=1S/C21H30N2O2/c24-20(22-19-14-21(25-16-19)10-2-3-11-21)18-8-6-17(7-9-18)15-23-12-4-1-5-13-23/h6-9,19H,1-5,10-16H2,(H,22,24)/t19-/m1/s1. The molecule has 25 heavy (non-hydrogen) atoms. The predicted octanol–water partition coefficient (Wildman–Crippen LogP) is 3.50. The summed E-state index contributed by atoms with van der Waals surface area (Å²) in [6, 6.07) is 8.31. The molecule has 1 saturated carbocycles. The van der Waals surface area contributed by atoms with Crippen LogP contribution < -0.4 is 5.32 Å². The normalized spacial score (nSPS) is 26.2. The number of ether oxygens (including phenoxy) is 1. The van der Waals surface area contributed by atoms with E-state index in [-0.39, 0.29) is 17.6 Å². The van der Waals surface area contributed by atoms with Gasteiger partial charge in [0, 0.05) is 12.1 Å². The zero-order valence-electron chi connectivity index (χ0n) is 15.1. The number of likely N-dealkylation sites (tertiary alicyclic amines) is 1.